The molecule has 0 aromatic heterocycles. The number of hydrogen-bond acceptors (Lipinski definition) is 4. The summed E-state index contributed by atoms with van der Waals surface area (Å²) in [7, 11) is 0. The lowest BCUT2D eigenvalue weighted by Crippen LogP contribution is -2.54. The first-order valence-corrected chi connectivity index (χ1v) is 7.05. The van der Waals surface area contributed by atoms with Crippen LogP contribution in [0.3, 0.4) is 0 Å². The van der Waals surface area contributed by atoms with Crippen molar-refractivity contribution in [3.05, 3.63) is 0 Å². The molecule has 0 aromatic carbocycles. The Kier molecular flexibility index (Phi) is 5.15. The van der Waals surface area contributed by atoms with Crippen LogP contribution < -0.4 is 11.1 Å². The maximum Gasteiger partial charge on any atom is 0.242 e. The molecule has 0 aromatic rings. The van der Waals surface area contributed by atoms with Crippen molar-refractivity contribution in [2.24, 2.45) is 11.7 Å². The molecule has 2 amide bonds. The van der Waals surface area contributed by atoms with Gasteiger partial charge in [0, 0.05) is 13.0 Å². The van der Waals surface area contributed by atoms with Gasteiger partial charge in [0.05, 0.1) is 13.2 Å². The lowest BCUT2D eigenvalue weighted by atomic mass is 9.94. The third kappa shape index (κ3) is 3.91. The molecule has 0 spiro atoms. The predicted octanol–water partition coefficient (Wildman–Crippen LogP) is -0.521. The average Bonchev–Trinajstić information content (AvgIpc) is 2.46. The average molecular weight is 269 g/mol. The van der Waals surface area contributed by atoms with Crippen LogP contribution in [0.15, 0.2) is 0 Å². The van der Waals surface area contributed by atoms with E-state index in [2.05, 4.69) is 5.32 Å². The predicted molar refractivity (Wildman–Crippen MR) is 70.3 cm³/mol. The number of nitrogens with zero attached hydrogens (tertiary/aromatic N) is 1. The van der Waals surface area contributed by atoms with E-state index < -0.39 is 11.9 Å². The second-order valence-corrected chi connectivity index (χ2v) is 5.33. The van der Waals surface area contributed by atoms with Gasteiger partial charge >= 0.3 is 0 Å². The van der Waals surface area contributed by atoms with Crippen LogP contribution in [0.25, 0.3) is 0 Å². The fourth-order valence-corrected chi connectivity index (χ4v) is 2.78. The molecule has 0 bridgehead atoms. The first kappa shape index (κ1) is 14.3. The summed E-state index contributed by atoms with van der Waals surface area (Å²) < 4.78 is 5.21. The quantitative estimate of drug-likeness (QED) is 0.719. The molecule has 0 saturated carbocycles. The lowest BCUT2D eigenvalue weighted by Gasteiger charge is -2.34. The fraction of sp³-hybridized carbons (Fsp3) is 0.846. The number of primary amides is 1. The van der Waals surface area contributed by atoms with Gasteiger partial charge in [-0.3, -0.25) is 9.59 Å². The Balaban J connectivity index is 1.81. The normalized spacial score (nSPS) is 28.1. The molecule has 2 fully saturated rings. The molecule has 6 heteroatoms. The molecule has 0 radical (unpaired) electrons. The van der Waals surface area contributed by atoms with E-state index in [-0.39, 0.29) is 12.5 Å². The summed E-state index contributed by atoms with van der Waals surface area (Å²) in [6.45, 7) is 3.26. The minimum Gasteiger partial charge on any atom is -0.377 e. The molecule has 19 heavy (non-hydrogen) atoms. The monoisotopic (exact) mass is 269 g/mol. The third-order valence-electron chi connectivity index (χ3n) is 3.94. The Morgan fingerprint density at radius 1 is 1.42 bits per heavy atom. The fourth-order valence-electron chi connectivity index (χ4n) is 2.78. The van der Waals surface area contributed by atoms with Gasteiger partial charge in [-0.05, 0) is 38.3 Å². The van der Waals surface area contributed by atoms with Gasteiger partial charge in [0.1, 0.15) is 6.04 Å². The largest absolute Gasteiger partial charge is 0.377 e. The van der Waals surface area contributed by atoms with Crippen molar-refractivity contribution >= 4 is 11.8 Å². The number of nitrogens with two attached hydrogens (primary N) is 1. The van der Waals surface area contributed by atoms with E-state index in [0.29, 0.717) is 25.5 Å². The molecule has 2 saturated heterocycles. The van der Waals surface area contributed by atoms with E-state index in [0.717, 1.165) is 19.5 Å². The summed E-state index contributed by atoms with van der Waals surface area (Å²) in [6, 6.07) is -0.592. The van der Waals surface area contributed by atoms with Crippen LogP contribution >= 0.6 is 0 Å². The Labute approximate surface area is 113 Å². The van der Waals surface area contributed by atoms with Gasteiger partial charge in [0.2, 0.25) is 11.8 Å². The van der Waals surface area contributed by atoms with Crippen LogP contribution in [-0.2, 0) is 14.3 Å². The lowest BCUT2D eigenvalue weighted by molar-refractivity contribution is -0.147. The molecule has 6 nitrogen and oxygen atoms in total. The highest BCUT2D eigenvalue weighted by Crippen LogP contribution is 2.18. The van der Waals surface area contributed by atoms with E-state index in [1.165, 1.54) is 12.8 Å². The Morgan fingerprint density at radius 2 is 2.26 bits per heavy atom. The zero-order chi connectivity index (χ0) is 13.7. The second-order valence-electron chi connectivity index (χ2n) is 5.33. The molecule has 2 atom stereocenters. The van der Waals surface area contributed by atoms with Crippen LogP contribution in [-0.4, -0.2) is 55.6 Å². The molecule has 3 N–H and O–H groups in total. The molecule has 108 valence electrons. The topological polar surface area (TPSA) is 84.7 Å². The van der Waals surface area contributed by atoms with Crippen molar-refractivity contribution in [2.75, 3.05) is 32.8 Å². The summed E-state index contributed by atoms with van der Waals surface area (Å²) in [5.74, 6) is 0.121. The zero-order valence-corrected chi connectivity index (χ0v) is 11.3. The van der Waals surface area contributed by atoms with Gasteiger partial charge in [0.15, 0.2) is 0 Å². The van der Waals surface area contributed by atoms with Crippen molar-refractivity contribution in [3.63, 3.8) is 0 Å². The highest BCUT2D eigenvalue weighted by atomic mass is 16.5. The number of amides is 2. The number of carbonyl (C=O) groups excluding carboxylic acids is 2. The summed E-state index contributed by atoms with van der Waals surface area (Å²) in [5.41, 5.74) is 5.31. The molecule has 2 unspecified atom stereocenters. The van der Waals surface area contributed by atoms with Crippen molar-refractivity contribution in [3.8, 4) is 0 Å². The number of carbonyl (C=O) groups is 2. The van der Waals surface area contributed by atoms with Crippen molar-refractivity contribution < 1.29 is 14.3 Å². The number of rotatable bonds is 4. The van der Waals surface area contributed by atoms with Gasteiger partial charge in [-0.25, -0.2) is 0 Å². The van der Waals surface area contributed by atoms with E-state index >= 15 is 0 Å². The van der Waals surface area contributed by atoms with Crippen LogP contribution in [0.2, 0.25) is 0 Å². The Morgan fingerprint density at radius 3 is 2.95 bits per heavy atom. The molecular weight excluding hydrogens is 246 g/mol. The first-order chi connectivity index (χ1) is 9.18. The minimum absolute atomic E-state index is 0.0256. The van der Waals surface area contributed by atoms with Crippen LogP contribution in [0, 0.1) is 5.92 Å². The van der Waals surface area contributed by atoms with Gasteiger partial charge in [-0.1, -0.05) is 0 Å². The molecule has 2 heterocycles. The summed E-state index contributed by atoms with van der Waals surface area (Å²) in [5, 5.41) is 3.35. The Hall–Kier alpha value is -1.14. The smallest absolute Gasteiger partial charge is 0.242 e. The molecule has 2 aliphatic heterocycles. The summed E-state index contributed by atoms with van der Waals surface area (Å²) in [4.78, 5) is 25.1. The highest BCUT2D eigenvalue weighted by molar-refractivity contribution is 5.86. The van der Waals surface area contributed by atoms with E-state index in [4.69, 9.17) is 10.5 Å². The van der Waals surface area contributed by atoms with Gasteiger partial charge in [0.25, 0.3) is 0 Å². The molecule has 0 aliphatic carbocycles. The number of ether oxygens (including phenoxy) is 1. The summed E-state index contributed by atoms with van der Waals surface area (Å²) in [6.07, 6.45) is 3.74. The summed E-state index contributed by atoms with van der Waals surface area (Å²) >= 11 is 0. The molecule has 2 aliphatic rings. The number of piperidine rings is 1. The number of morpholine rings is 1. The van der Waals surface area contributed by atoms with Crippen LogP contribution in [0.4, 0.5) is 0 Å². The first-order valence-electron chi connectivity index (χ1n) is 7.05. The zero-order valence-electron chi connectivity index (χ0n) is 11.3. The second kappa shape index (κ2) is 6.86. The van der Waals surface area contributed by atoms with E-state index in [1.54, 1.807) is 4.90 Å². The SMILES string of the molecule is NC(=O)C1COCCN1C(=O)CCC1CCCNC1. The highest BCUT2D eigenvalue weighted by Gasteiger charge is 2.31. The minimum atomic E-state index is -0.592. The maximum absolute atomic E-state index is 12.2. The van der Waals surface area contributed by atoms with Gasteiger partial charge in [-0.2, -0.15) is 0 Å². The number of nitrogens with one attached hydrogen (secondary N) is 1. The molecular formula is C13H23N3O3. The Bertz CT molecular complexity index is 329. The standard InChI is InChI=1S/C13H23N3O3/c14-13(18)11-9-19-7-6-16(11)12(17)4-3-10-2-1-5-15-8-10/h10-11,15H,1-9H2,(H2,14,18). The van der Waals surface area contributed by atoms with Gasteiger partial charge < -0.3 is 20.7 Å². The van der Waals surface area contributed by atoms with Gasteiger partial charge in [-0.15, -0.1) is 0 Å². The third-order valence-corrected chi connectivity index (χ3v) is 3.94. The number of hydrogen-bond donors (Lipinski definition) is 2. The maximum atomic E-state index is 12.2. The van der Waals surface area contributed by atoms with Crippen LogP contribution in [0.1, 0.15) is 25.7 Å². The van der Waals surface area contributed by atoms with E-state index in [9.17, 15) is 9.59 Å². The van der Waals surface area contributed by atoms with Crippen molar-refractivity contribution in [2.45, 2.75) is 31.7 Å². The van der Waals surface area contributed by atoms with Crippen LogP contribution in [0.5, 0.6) is 0 Å². The van der Waals surface area contributed by atoms with Crippen molar-refractivity contribution in [1.82, 2.24) is 10.2 Å². The van der Waals surface area contributed by atoms with E-state index in [1.807, 2.05) is 0 Å². The van der Waals surface area contributed by atoms with Crippen molar-refractivity contribution in [1.29, 1.82) is 0 Å². The molecule has 2 rings (SSSR count).